The molecule has 0 aromatic carbocycles. The lowest BCUT2D eigenvalue weighted by Gasteiger charge is -2.12. The van der Waals surface area contributed by atoms with Gasteiger partial charge in [0, 0.05) is 6.54 Å². The minimum absolute atomic E-state index is 0.423. The highest BCUT2D eigenvalue weighted by atomic mass is 32.1. The van der Waals surface area contributed by atoms with Crippen molar-refractivity contribution in [1.82, 2.24) is 15.2 Å². The second-order valence-corrected chi connectivity index (χ2v) is 2.57. The molecule has 5 nitrogen and oxygen atoms in total. The van der Waals surface area contributed by atoms with E-state index in [1.54, 1.807) is 0 Å². The Kier molecular flexibility index (Phi) is 2.61. The molecule has 1 heterocycles. The van der Waals surface area contributed by atoms with Gasteiger partial charge in [-0.1, -0.05) is 6.92 Å². The van der Waals surface area contributed by atoms with Gasteiger partial charge in [0.15, 0.2) is 0 Å². The summed E-state index contributed by atoms with van der Waals surface area (Å²) in [6.45, 7) is 2.80. The molecule has 0 aliphatic heterocycles. The van der Waals surface area contributed by atoms with Crippen molar-refractivity contribution in [3.05, 3.63) is 4.77 Å². The number of rotatable bonds is 3. The number of hydrogen-bond donors (Lipinski definition) is 3. The van der Waals surface area contributed by atoms with E-state index in [2.05, 4.69) is 15.2 Å². The molecule has 0 atom stereocenters. The second kappa shape index (κ2) is 3.49. The van der Waals surface area contributed by atoms with Crippen LogP contribution in [0.15, 0.2) is 0 Å². The van der Waals surface area contributed by atoms with Crippen LogP contribution < -0.4 is 10.9 Å². The lowest BCUT2D eigenvalue weighted by molar-refractivity contribution is 0.776. The van der Waals surface area contributed by atoms with Crippen molar-refractivity contribution in [3.8, 4) is 0 Å². The minimum Gasteiger partial charge on any atom is -0.279 e. The van der Waals surface area contributed by atoms with Crippen molar-refractivity contribution >= 4 is 18.2 Å². The van der Waals surface area contributed by atoms with Gasteiger partial charge in [-0.25, -0.2) is 5.84 Å². The summed E-state index contributed by atoms with van der Waals surface area (Å²) in [7, 11) is 0. The van der Waals surface area contributed by atoms with Gasteiger partial charge in [-0.3, -0.25) is 15.2 Å². The van der Waals surface area contributed by atoms with E-state index >= 15 is 0 Å². The number of nitrogens with zero attached hydrogens (tertiary/aromatic N) is 2. The standard InChI is InChI=1S/C5H11N5S/c1-2-3-10(6)4-7-5(11)9-8-4/h2-3,6H2,1H3,(H2,7,8,9,11). The molecular weight excluding hydrogens is 162 g/mol. The molecule has 1 rings (SSSR count). The topological polar surface area (TPSA) is 73.7 Å². The van der Waals surface area contributed by atoms with Gasteiger partial charge in [-0.2, -0.15) is 4.98 Å². The molecule has 0 saturated heterocycles. The smallest absolute Gasteiger partial charge is 0.234 e. The monoisotopic (exact) mass is 173 g/mol. The number of H-pyrrole nitrogens is 2. The number of hydrogen-bond acceptors (Lipinski definition) is 4. The van der Waals surface area contributed by atoms with E-state index in [1.807, 2.05) is 6.92 Å². The zero-order chi connectivity index (χ0) is 8.27. The van der Waals surface area contributed by atoms with Crippen molar-refractivity contribution in [3.63, 3.8) is 0 Å². The van der Waals surface area contributed by atoms with Crippen molar-refractivity contribution in [1.29, 1.82) is 0 Å². The summed E-state index contributed by atoms with van der Waals surface area (Å²) in [5.74, 6) is 6.17. The average Bonchev–Trinajstić information content (AvgIpc) is 2.36. The highest BCUT2D eigenvalue weighted by Gasteiger charge is 2.01. The third-order valence-corrected chi connectivity index (χ3v) is 1.42. The Morgan fingerprint density at radius 3 is 2.82 bits per heavy atom. The van der Waals surface area contributed by atoms with Crippen LogP contribution in [-0.4, -0.2) is 21.7 Å². The molecule has 0 spiro atoms. The van der Waals surface area contributed by atoms with Crippen molar-refractivity contribution in [2.24, 2.45) is 5.84 Å². The SMILES string of the molecule is CCCN(N)c1nc(=S)[nH][nH]1. The zero-order valence-electron chi connectivity index (χ0n) is 6.29. The number of aromatic amines is 2. The molecule has 0 fully saturated rings. The van der Waals surface area contributed by atoms with Gasteiger partial charge in [-0.05, 0) is 18.6 Å². The average molecular weight is 173 g/mol. The fraction of sp³-hybridized carbons (Fsp3) is 0.600. The number of aromatic nitrogens is 3. The van der Waals surface area contributed by atoms with Gasteiger partial charge in [0.25, 0.3) is 0 Å². The first-order valence-corrected chi connectivity index (χ1v) is 3.81. The Bertz CT molecular complexity index is 264. The lowest BCUT2D eigenvalue weighted by Crippen LogP contribution is -2.32. The molecule has 0 aliphatic rings. The van der Waals surface area contributed by atoms with Crippen LogP contribution in [0.1, 0.15) is 13.3 Å². The van der Waals surface area contributed by atoms with E-state index in [4.69, 9.17) is 18.1 Å². The normalized spacial score (nSPS) is 10.0. The molecule has 4 N–H and O–H groups in total. The van der Waals surface area contributed by atoms with Crippen molar-refractivity contribution in [2.75, 3.05) is 11.6 Å². The first kappa shape index (κ1) is 8.22. The molecule has 0 saturated carbocycles. The van der Waals surface area contributed by atoms with Gasteiger partial charge in [0.05, 0.1) is 0 Å². The molecular formula is C5H11N5S. The van der Waals surface area contributed by atoms with E-state index < -0.39 is 0 Å². The molecule has 1 aromatic rings. The summed E-state index contributed by atoms with van der Waals surface area (Å²) in [6.07, 6.45) is 0.976. The predicted molar refractivity (Wildman–Crippen MR) is 45.6 cm³/mol. The molecule has 0 amide bonds. The Hall–Kier alpha value is -0.880. The van der Waals surface area contributed by atoms with Gasteiger partial charge < -0.3 is 0 Å². The van der Waals surface area contributed by atoms with Crippen LogP contribution in [0, 0.1) is 4.77 Å². The minimum atomic E-state index is 0.423. The van der Waals surface area contributed by atoms with Gasteiger partial charge >= 0.3 is 0 Å². The molecule has 1 aromatic heterocycles. The van der Waals surface area contributed by atoms with E-state index in [9.17, 15) is 0 Å². The van der Waals surface area contributed by atoms with Crippen LogP contribution in [0.3, 0.4) is 0 Å². The van der Waals surface area contributed by atoms with Crippen molar-refractivity contribution < 1.29 is 0 Å². The van der Waals surface area contributed by atoms with Crippen LogP contribution in [0.5, 0.6) is 0 Å². The van der Waals surface area contributed by atoms with Crippen LogP contribution in [-0.2, 0) is 0 Å². The fourth-order valence-electron chi connectivity index (χ4n) is 0.744. The maximum absolute atomic E-state index is 5.59. The number of hydrazine groups is 1. The maximum atomic E-state index is 5.59. The molecule has 0 unspecified atom stereocenters. The number of nitrogens with one attached hydrogen (secondary N) is 2. The first-order valence-electron chi connectivity index (χ1n) is 3.41. The summed E-state index contributed by atoms with van der Waals surface area (Å²) in [4.78, 5) is 3.93. The van der Waals surface area contributed by atoms with Crippen LogP contribution in [0.2, 0.25) is 0 Å². The molecule has 0 radical (unpaired) electrons. The Labute approximate surface area is 69.6 Å². The Morgan fingerprint density at radius 1 is 1.64 bits per heavy atom. The summed E-state index contributed by atoms with van der Waals surface area (Å²) < 4.78 is 0.423. The third-order valence-electron chi connectivity index (χ3n) is 1.23. The highest BCUT2D eigenvalue weighted by molar-refractivity contribution is 7.71. The van der Waals surface area contributed by atoms with Crippen molar-refractivity contribution in [2.45, 2.75) is 13.3 Å². The fourth-order valence-corrected chi connectivity index (χ4v) is 0.882. The lowest BCUT2D eigenvalue weighted by atomic mass is 10.5. The Morgan fingerprint density at radius 2 is 2.36 bits per heavy atom. The van der Waals surface area contributed by atoms with E-state index in [-0.39, 0.29) is 0 Å². The van der Waals surface area contributed by atoms with Crippen LogP contribution in [0.4, 0.5) is 5.95 Å². The van der Waals surface area contributed by atoms with Gasteiger partial charge in [0.1, 0.15) is 0 Å². The molecule has 0 aliphatic carbocycles. The predicted octanol–water partition coefficient (Wildman–Crippen LogP) is 0.557. The van der Waals surface area contributed by atoms with Gasteiger partial charge in [0.2, 0.25) is 10.7 Å². The highest BCUT2D eigenvalue weighted by Crippen LogP contribution is 1.99. The van der Waals surface area contributed by atoms with E-state index in [1.165, 1.54) is 5.01 Å². The molecule has 11 heavy (non-hydrogen) atoms. The van der Waals surface area contributed by atoms with E-state index in [0.717, 1.165) is 13.0 Å². The third kappa shape index (κ3) is 2.02. The quantitative estimate of drug-likeness (QED) is 0.354. The first-order chi connectivity index (χ1) is 5.24. The summed E-state index contributed by atoms with van der Waals surface area (Å²) >= 11 is 4.76. The zero-order valence-corrected chi connectivity index (χ0v) is 7.11. The van der Waals surface area contributed by atoms with Gasteiger partial charge in [-0.15, -0.1) is 0 Å². The number of nitrogens with two attached hydrogens (primary N) is 1. The molecule has 6 heteroatoms. The number of anilines is 1. The van der Waals surface area contributed by atoms with Crippen LogP contribution in [0.25, 0.3) is 0 Å². The maximum Gasteiger partial charge on any atom is 0.234 e. The summed E-state index contributed by atoms with van der Waals surface area (Å²) in [5.41, 5.74) is 0. The summed E-state index contributed by atoms with van der Waals surface area (Å²) in [5, 5.41) is 6.94. The Balaban J connectivity index is 2.68. The summed E-state index contributed by atoms with van der Waals surface area (Å²) in [6, 6.07) is 0. The van der Waals surface area contributed by atoms with Crippen LogP contribution >= 0.6 is 12.2 Å². The largest absolute Gasteiger partial charge is 0.279 e. The molecule has 0 bridgehead atoms. The second-order valence-electron chi connectivity index (χ2n) is 2.18. The van der Waals surface area contributed by atoms with E-state index in [0.29, 0.717) is 10.7 Å². The molecule has 62 valence electrons.